The van der Waals surface area contributed by atoms with Crippen LogP contribution in [0.25, 0.3) is 0 Å². The Hall–Kier alpha value is -1.14. The number of aliphatic hydroxyl groups is 2. The molecule has 0 aliphatic carbocycles. The summed E-state index contributed by atoms with van der Waals surface area (Å²) in [5, 5.41) is 23.5. The number of hydrogen-bond acceptors (Lipinski definition) is 4. The van der Waals surface area contributed by atoms with Crippen LogP contribution in [0, 0.1) is 11.8 Å². The third-order valence-corrected chi connectivity index (χ3v) is 3.89. The molecule has 4 atom stereocenters. The van der Waals surface area contributed by atoms with Gasteiger partial charge in [0.05, 0.1) is 25.3 Å². The Balaban J connectivity index is 4.50. The van der Waals surface area contributed by atoms with Crippen LogP contribution in [-0.4, -0.2) is 47.3 Å². The fraction of sp³-hybridized carbons (Fsp3) is 0.857. The number of carbonyl (C=O) groups is 2. The van der Waals surface area contributed by atoms with Gasteiger partial charge in [0.15, 0.2) is 0 Å². The quantitative estimate of drug-likeness (QED) is 0.474. The first-order chi connectivity index (χ1) is 9.40. The highest BCUT2D eigenvalue weighted by molar-refractivity contribution is 6.35. The molecule has 0 bridgehead atoms. The van der Waals surface area contributed by atoms with E-state index in [4.69, 9.17) is 0 Å². The Bertz CT molecular complexity index is 280. The smallest absolute Gasteiger partial charge is 0.309 e. The first-order valence-corrected chi connectivity index (χ1v) is 7.24. The lowest BCUT2D eigenvalue weighted by molar-refractivity contribution is -0.140. The third-order valence-electron chi connectivity index (χ3n) is 3.89. The Morgan fingerprint density at radius 2 is 1.15 bits per heavy atom. The van der Waals surface area contributed by atoms with E-state index < -0.39 is 23.9 Å². The van der Waals surface area contributed by atoms with Gasteiger partial charge in [-0.1, -0.05) is 40.5 Å². The van der Waals surface area contributed by atoms with E-state index in [1.54, 1.807) is 0 Å². The second kappa shape index (κ2) is 9.72. The highest BCUT2D eigenvalue weighted by Crippen LogP contribution is 2.08. The van der Waals surface area contributed by atoms with Gasteiger partial charge in [-0.15, -0.1) is 0 Å². The molecule has 20 heavy (non-hydrogen) atoms. The number of amides is 2. The topological polar surface area (TPSA) is 98.7 Å². The fourth-order valence-electron chi connectivity index (χ4n) is 1.77. The molecule has 0 aliphatic rings. The average molecular weight is 288 g/mol. The van der Waals surface area contributed by atoms with Gasteiger partial charge in [-0.2, -0.15) is 0 Å². The predicted molar refractivity (Wildman–Crippen MR) is 76.9 cm³/mol. The molecule has 6 nitrogen and oxygen atoms in total. The molecular weight excluding hydrogens is 260 g/mol. The van der Waals surface area contributed by atoms with Crippen LogP contribution in [0.2, 0.25) is 0 Å². The van der Waals surface area contributed by atoms with Crippen molar-refractivity contribution >= 4 is 11.8 Å². The van der Waals surface area contributed by atoms with Gasteiger partial charge in [0, 0.05) is 0 Å². The van der Waals surface area contributed by atoms with Gasteiger partial charge in [0.1, 0.15) is 0 Å². The van der Waals surface area contributed by atoms with E-state index in [0.29, 0.717) is 0 Å². The maximum Gasteiger partial charge on any atom is 0.309 e. The van der Waals surface area contributed by atoms with Gasteiger partial charge in [0.25, 0.3) is 0 Å². The zero-order valence-corrected chi connectivity index (χ0v) is 12.8. The van der Waals surface area contributed by atoms with Crippen LogP contribution in [0.5, 0.6) is 0 Å². The molecular formula is C14H28N2O4. The summed E-state index contributed by atoms with van der Waals surface area (Å²) >= 11 is 0. The monoisotopic (exact) mass is 288 g/mol. The maximum absolute atomic E-state index is 11.8. The molecule has 0 aliphatic heterocycles. The Kier molecular flexibility index (Phi) is 9.16. The lowest BCUT2D eigenvalue weighted by atomic mass is 9.99. The van der Waals surface area contributed by atoms with E-state index in [1.165, 1.54) is 0 Å². The zero-order valence-electron chi connectivity index (χ0n) is 12.8. The van der Waals surface area contributed by atoms with Crippen molar-refractivity contribution in [1.82, 2.24) is 10.6 Å². The fourth-order valence-corrected chi connectivity index (χ4v) is 1.77. The van der Waals surface area contributed by atoms with Gasteiger partial charge in [-0.3, -0.25) is 9.59 Å². The first kappa shape index (κ1) is 18.9. The van der Waals surface area contributed by atoms with Crippen molar-refractivity contribution in [3.05, 3.63) is 0 Å². The van der Waals surface area contributed by atoms with Crippen LogP contribution in [-0.2, 0) is 9.59 Å². The summed E-state index contributed by atoms with van der Waals surface area (Å²) in [6, 6.07) is -0.871. The third kappa shape index (κ3) is 5.88. The number of rotatable bonds is 8. The lowest BCUT2D eigenvalue weighted by Crippen LogP contribution is -2.52. The number of nitrogens with one attached hydrogen (secondary N) is 2. The molecule has 4 N–H and O–H groups in total. The highest BCUT2D eigenvalue weighted by Gasteiger charge is 2.25. The molecule has 6 heteroatoms. The molecule has 118 valence electrons. The maximum atomic E-state index is 11.8. The molecule has 0 rings (SSSR count). The Morgan fingerprint density at radius 3 is 1.35 bits per heavy atom. The summed E-state index contributed by atoms with van der Waals surface area (Å²) in [4.78, 5) is 23.6. The van der Waals surface area contributed by atoms with E-state index in [1.807, 2.05) is 27.7 Å². The van der Waals surface area contributed by atoms with Crippen molar-refractivity contribution < 1.29 is 19.8 Å². The minimum absolute atomic E-state index is 0.0833. The van der Waals surface area contributed by atoms with E-state index in [-0.39, 0.29) is 25.0 Å². The Morgan fingerprint density at radius 1 is 0.850 bits per heavy atom. The van der Waals surface area contributed by atoms with Crippen molar-refractivity contribution in [3.8, 4) is 0 Å². The second-order valence-corrected chi connectivity index (χ2v) is 5.30. The number of carbonyl (C=O) groups excluding carboxylic acids is 2. The molecule has 0 unspecified atom stereocenters. The van der Waals surface area contributed by atoms with Crippen LogP contribution in [0.15, 0.2) is 0 Å². The van der Waals surface area contributed by atoms with Crippen molar-refractivity contribution in [2.45, 2.75) is 52.6 Å². The molecule has 0 fully saturated rings. The molecule has 2 amide bonds. The number of hydrogen-bond donors (Lipinski definition) is 4. The minimum atomic E-state index is -0.772. The molecule has 0 saturated heterocycles. The van der Waals surface area contributed by atoms with Crippen molar-refractivity contribution in [2.75, 3.05) is 13.2 Å². The van der Waals surface area contributed by atoms with E-state index in [2.05, 4.69) is 10.6 Å². The molecule has 0 heterocycles. The summed E-state index contributed by atoms with van der Waals surface area (Å²) in [6.45, 7) is 7.28. The normalized spacial score (nSPS) is 16.9. The SMILES string of the molecule is CC[C@H](C)[C@H](CO)NC(=O)C(=O)N[C@H](CO)[C@@H](C)CC. The van der Waals surface area contributed by atoms with Crippen LogP contribution in [0.3, 0.4) is 0 Å². The molecule has 0 aromatic carbocycles. The van der Waals surface area contributed by atoms with Gasteiger partial charge in [0.2, 0.25) is 0 Å². The van der Waals surface area contributed by atoms with Crippen molar-refractivity contribution in [1.29, 1.82) is 0 Å². The minimum Gasteiger partial charge on any atom is -0.394 e. The molecule has 0 spiro atoms. The van der Waals surface area contributed by atoms with E-state index in [9.17, 15) is 19.8 Å². The van der Waals surface area contributed by atoms with Crippen LogP contribution >= 0.6 is 0 Å². The van der Waals surface area contributed by atoms with Crippen molar-refractivity contribution in [2.24, 2.45) is 11.8 Å². The largest absolute Gasteiger partial charge is 0.394 e. The summed E-state index contributed by atoms with van der Waals surface area (Å²) in [6.07, 6.45) is 1.58. The van der Waals surface area contributed by atoms with E-state index >= 15 is 0 Å². The first-order valence-electron chi connectivity index (χ1n) is 7.24. The van der Waals surface area contributed by atoms with E-state index in [0.717, 1.165) is 12.8 Å². The Labute approximate surface area is 120 Å². The zero-order chi connectivity index (χ0) is 15.7. The van der Waals surface area contributed by atoms with Gasteiger partial charge < -0.3 is 20.8 Å². The molecule has 0 radical (unpaired) electrons. The molecule has 0 saturated carbocycles. The standard InChI is InChI=1S/C14H28N2O4/c1-5-9(3)11(7-17)15-13(19)14(20)16-12(8-18)10(4)6-2/h9-12,17-18H,5-8H2,1-4H3,(H,15,19)(H,16,20)/t9-,10-,11-,12+/m0/s1. The lowest BCUT2D eigenvalue weighted by Gasteiger charge is -2.24. The second-order valence-electron chi connectivity index (χ2n) is 5.30. The summed E-state index contributed by atoms with van der Waals surface area (Å²) in [5.41, 5.74) is 0. The summed E-state index contributed by atoms with van der Waals surface area (Å²) < 4.78 is 0. The average Bonchev–Trinajstić information content (AvgIpc) is 2.47. The van der Waals surface area contributed by atoms with Gasteiger partial charge >= 0.3 is 11.8 Å². The summed E-state index contributed by atoms with van der Waals surface area (Å²) in [7, 11) is 0. The highest BCUT2D eigenvalue weighted by atomic mass is 16.3. The van der Waals surface area contributed by atoms with Gasteiger partial charge in [-0.25, -0.2) is 0 Å². The van der Waals surface area contributed by atoms with Crippen LogP contribution < -0.4 is 10.6 Å². The molecule has 0 aromatic rings. The number of aliphatic hydroxyl groups excluding tert-OH is 2. The molecule has 0 aromatic heterocycles. The van der Waals surface area contributed by atoms with Crippen LogP contribution in [0.4, 0.5) is 0 Å². The van der Waals surface area contributed by atoms with Crippen molar-refractivity contribution in [3.63, 3.8) is 0 Å². The summed E-state index contributed by atoms with van der Waals surface area (Å²) in [5.74, 6) is -1.38. The predicted octanol–water partition coefficient (Wildman–Crippen LogP) is 0.0328. The van der Waals surface area contributed by atoms with Gasteiger partial charge in [-0.05, 0) is 11.8 Å². The van der Waals surface area contributed by atoms with Crippen LogP contribution in [0.1, 0.15) is 40.5 Å².